The van der Waals surface area contributed by atoms with E-state index in [2.05, 4.69) is 0 Å². The van der Waals surface area contributed by atoms with Crippen LogP contribution in [0.3, 0.4) is 0 Å². The van der Waals surface area contributed by atoms with Crippen LogP contribution in [0.25, 0.3) is 5.57 Å². The number of carbonyl (C=O) groups excluding carboxylic acids is 2. The smallest absolute Gasteiger partial charge is 0.278 e. The number of hydrogen-bond donors (Lipinski definition) is 0. The Hall–Kier alpha value is -2.30. The van der Waals surface area contributed by atoms with E-state index in [1.165, 1.54) is 4.90 Å². The predicted molar refractivity (Wildman–Crippen MR) is 106 cm³/mol. The molecule has 0 radical (unpaired) electrons. The van der Waals surface area contributed by atoms with Gasteiger partial charge in [-0.3, -0.25) is 14.5 Å². The lowest BCUT2D eigenvalue weighted by Crippen LogP contribution is -2.34. The van der Waals surface area contributed by atoms with Crippen LogP contribution in [0.1, 0.15) is 24.0 Å². The van der Waals surface area contributed by atoms with Gasteiger partial charge in [0.25, 0.3) is 11.8 Å². The van der Waals surface area contributed by atoms with Crippen molar-refractivity contribution in [2.45, 2.75) is 19.4 Å². The van der Waals surface area contributed by atoms with E-state index in [1.807, 2.05) is 35.2 Å². The zero-order valence-electron chi connectivity index (χ0n) is 14.6. The molecule has 2 aromatic carbocycles. The lowest BCUT2D eigenvalue weighted by molar-refractivity contribution is -0.138. The number of carbonyl (C=O) groups is 2. The van der Waals surface area contributed by atoms with Crippen LogP contribution < -0.4 is 0 Å². The first-order chi connectivity index (χ1) is 13.1. The molecule has 0 atom stereocenters. The summed E-state index contributed by atoms with van der Waals surface area (Å²) in [6, 6.07) is 14.5. The molecule has 2 aromatic rings. The normalized spacial score (nSPS) is 17.4. The predicted octanol–water partition coefficient (Wildman–Crippen LogP) is 4.37. The Labute approximate surface area is 168 Å². The van der Waals surface area contributed by atoms with Crippen LogP contribution in [0.4, 0.5) is 0 Å². The zero-order chi connectivity index (χ0) is 19.0. The quantitative estimate of drug-likeness (QED) is 0.715. The average Bonchev–Trinajstić information content (AvgIpc) is 3.25. The summed E-state index contributed by atoms with van der Waals surface area (Å²) in [5.41, 5.74) is 2.29. The van der Waals surface area contributed by atoms with Crippen LogP contribution in [-0.2, 0) is 16.1 Å². The standard InChI is InChI=1S/C21H18Cl2N2O2/c22-15-8-9-16(17(23)12-15)18-19(24-10-4-5-11-24)21(27)25(20(18)26)13-14-6-2-1-3-7-14/h1-3,6-9,12H,4-5,10-11,13H2. The number of amides is 2. The van der Waals surface area contributed by atoms with E-state index >= 15 is 0 Å². The van der Waals surface area contributed by atoms with Gasteiger partial charge in [0.05, 0.1) is 17.1 Å². The third-order valence-corrected chi connectivity index (χ3v) is 5.50. The number of hydrogen-bond acceptors (Lipinski definition) is 3. The fourth-order valence-corrected chi connectivity index (χ4v) is 4.14. The van der Waals surface area contributed by atoms with Crippen molar-refractivity contribution in [2.75, 3.05) is 13.1 Å². The Balaban J connectivity index is 1.78. The molecule has 0 unspecified atom stereocenters. The van der Waals surface area contributed by atoms with Gasteiger partial charge in [0.15, 0.2) is 0 Å². The van der Waals surface area contributed by atoms with Gasteiger partial charge in [0, 0.05) is 23.7 Å². The molecule has 27 heavy (non-hydrogen) atoms. The highest BCUT2D eigenvalue weighted by atomic mass is 35.5. The van der Waals surface area contributed by atoms with E-state index in [4.69, 9.17) is 23.2 Å². The summed E-state index contributed by atoms with van der Waals surface area (Å²) < 4.78 is 0. The lowest BCUT2D eigenvalue weighted by Gasteiger charge is -2.20. The molecular formula is C21H18Cl2N2O2. The van der Waals surface area contributed by atoms with Gasteiger partial charge in [-0.05, 0) is 30.5 Å². The van der Waals surface area contributed by atoms with E-state index < -0.39 is 0 Å². The number of benzene rings is 2. The Kier molecular flexibility index (Phi) is 4.94. The molecule has 4 nitrogen and oxygen atoms in total. The van der Waals surface area contributed by atoms with E-state index in [9.17, 15) is 9.59 Å². The SMILES string of the molecule is O=C1C(c2ccc(Cl)cc2Cl)=C(N2CCCC2)C(=O)N1Cc1ccccc1. The average molecular weight is 401 g/mol. The Morgan fingerprint density at radius 1 is 0.889 bits per heavy atom. The van der Waals surface area contributed by atoms with Crippen LogP contribution in [0.15, 0.2) is 54.2 Å². The largest absolute Gasteiger partial charge is 0.366 e. The van der Waals surface area contributed by atoms with Crippen LogP contribution in [-0.4, -0.2) is 34.7 Å². The van der Waals surface area contributed by atoms with Crippen molar-refractivity contribution >= 4 is 40.6 Å². The van der Waals surface area contributed by atoms with Gasteiger partial charge < -0.3 is 4.90 Å². The molecule has 2 heterocycles. The molecule has 0 spiro atoms. The summed E-state index contributed by atoms with van der Waals surface area (Å²) in [4.78, 5) is 29.8. The third kappa shape index (κ3) is 3.35. The van der Waals surface area contributed by atoms with E-state index in [0.717, 1.165) is 31.5 Å². The van der Waals surface area contributed by atoms with Crippen molar-refractivity contribution in [1.29, 1.82) is 0 Å². The number of halogens is 2. The van der Waals surface area contributed by atoms with Crippen molar-refractivity contribution < 1.29 is 9.59 Å². The molecule has 4 rings (SSSR count). The van der Waals surface area contributed by atoms with Crippen molar-refractivity contribution in [2.24, 2.45) is 0 Å². The van der Waals surface area contributed by atoms with Crippen LogP contribution in [0.2, 0.25) is 10.0 Å². The van der Waals surface area contributed by atoms with Gasteiger partial charge in [0.1, 0.15) is 5.70 Å². The first-order valence-corrected chi connectivity index (χ1v) is 9.66. The Morgan fingerprint density at radius 2 is 1.59 bits per heavy atom. The van der Waals surface area contributed by atoms with E-state index in [0.29, 0.717) is 26.9 Å². The highest BCUT2D eigenvalue weighted by Crippen LogP contribution is 2.37. The van der Waals surface area contributed by atoms with Gasteiger partial charge in [0.2, 0.25) is 0 Å². The molecule has 2 aliphatic heterocycles. The van der Waals surface area contributed by atoms with Crippen molar-refractivity contribution in [3.8, 4) is 0 Å². The van der Waals surface area contributed by atoms with Crippen molar-refractivity contribution in [1.82, 2.24) is 9.80 Å². The van der Waals surface area contributed by atoms with Crippen LogP contribution in [0, 0.1) is 0 Å². The minimum Gasteiger partial charge on any atom is -0.366 e. The molecule has 138 valence electrons. The molecule has 0 aliphatic carbocycles. The number of likely N-dealkylation sites (tertiary alicyclic amines) is 1. The topological polar surface area (TPSA) is 40.6 Å². The van der Waals surface area contributed by atoms with E-state index in [-0.39, 0.29) is 18.4 Å². The highest BCUT2D eigenvalue weighted by molar-refractivity contribution is 6.41. The second-order valence-corrected chi connectivity index (χ2v) is 7.57. The van der Waals surface area contributed by atoms with E-state index in [1.54, 1.807) is 18.2 Å². The molecule has 0 saturated carbocycles. The molecule has 0 aromatic heterocycles. The molecule has 6 heteroatoms. The maximum Gasteiger partial charge on any atom is 0.278 e. The molecule has 2 aliphatic rings. The van der Waals surface area contributed by atoms with Gasteiger partial charge in [-0.2, -0.15) is 0 Å². The Morgan fingerprint density at radius 3 is 2.26 bits per heavy atom. The molecule has 0 N–H and O–H groups in total. The minimum atomic E-state index is -0.310. The van der Waals surface area contributed by atoms with Crippen LogP contribution >= 0.6 is 23.2 Å². The first kappa shape index (κ1) is 18.1. The van der Waals surface area contributed by atoms with Gasteiger partial charge in [-0.25, -0.2) is 0 Å². The Bertz CT molecular complexity index is 934. The molecular weight excluding hydrogens is 383 g/mol. The zero-order valence-corrected chi connectivity index (χ0v) is 16.1. The van der Waals surface area contributed by atoms with Gasteiger partial charge in [-0.1, -0.05) is 59.6 Å². The monoisotopic (exact) mass is 400 g/mol. The summed E-state index contributed by atoms with van der Waals surface area (Å²) >= 11 is 12.4. The molecule has 1 saturated heterocycles. The fraction of sp³-hybridized carbons (Fsp3) is 0.238. The van der Waals surface area contributed by atoms with Gasteiger partial charge >= 0.3 is 0 Å². The third-order valence-electron chi connectivity index (χ3n) is 4.95. The number of imide groups is 1. The maximum atomic E-state index is 13.3. The summed E-state index contributed by atoms with van der Waals surface area (Å²) in [6.07, 6.45) is 2.01. The molecule has 2 amide bonds. The summed E-state index contributed by atoms with van der Waals surface area (Å²) in [6.45, 7) is 1.77. The summed E-state index contributed by atoms with van der Waals surface area (Å²) in [5.74, 6) is -0.568. The second-order valence-electron chi connectivity index (χ2n) is 6.72. The minimum absolute atomic E-state index is 0.241. The summed E-state index contributed by atoms with van der Waals surface area (Å²) in [5, 5.41) is 0.863. The number of rotatable bonds is 4. The highest BCUT2D eigenvalue weighted by Gasteiger charge is 2.42. The maximum absolute atomic E-state index is 13.3. The van der Waals surface area contributed by atoms with Crippen LogP contribution in [0.5, 0.6) is 0 Å². The second kappa shape index (κ2) is 7.37. The fourth-order valence-electron chi connectivity index (χ4n) is 3.64. The lowest BCUT2D eigenvalue weighted by atomic mass is 10.0. The number of nitrogens with zero attached hydrogens (tertiary/aromatic N) is 2. The summed E-state index contributed by atoms with van der Waals surface area (Å²) in [7, 11) is 0. The van der Waals surface area contributed by atoms with Gasteiger partial charge in [-0.15, -0.1) is 0 Å². The molecule has 0 bridgehead atoms. The first-order valence-electron chi connectivity index (χ1n) is 8.91. The van der Waals surface area contributed by atoms with Crippen molar-refractivity contribution in [3.63, 3.8) is 0 Å². The molecule has 1 fully saturated rings. The van der Waals surface area contributed by atoms with Crippen molar-refractivity contribution in [3.05, 3.63) is 75.4 Å².